The molecule has 0 saturated carbocycles. The zero-order valence-electron chi connectivity index (χ0n) is 64.6. The molecular formula is C88H16F40N8Pt2. The van der Waals surface area contributed by atoms with E-state index in [-0.39, 0.29) is 42.1 Å². The molecule has 8 aromatic carbocycles. The summed E-state index contributed by atoms with van der Waals surface area (Å²) in [5, 5.41) is 0. The van der Waals surface area contributed by atoms with Crippen LogP contribution in [0.5, 0.6) is 0 Å². The number of rotatable bonds is 8. The van der Waals surface area contributed by atoms with Crippen molar-refractivity contribution in [3.8, 4) is 89.0 Å². The predicted octanol–water partition coefficient (Wildman–Crippen LogP) is 26.7. The van der Waals surface area contributed by atoms with Gasteiger partial charge < -0.3 is 19.9 Å². The van der Waals surface area contributed by atoms with Crippen molar-refractivity contribution in [2.24, 2.45) is 0 Å². The van der Waals surface area contributed by atoms with E-state index in [0.717, 1.165) is 0 Å². The van der Waals surface area contributed by atoms with E-state index in [0.29, 0.717) is 97.1 Å². The van der Waals surface area contributed by atoms with Crippen molar-refractivity contribution >= 4 is 92.7 Å². The Morgan fingerprint density at radius 2 is 0.181 bits per heavy atom. The van der Waals surface area contributed by atoms with Gasteiger partial charge in [0.15, 0.2) is 186 Å². The van der Waals surface area contributed by atoms with Crippen LogP contribution in [0, 0.1) is 233 Å². The van der Waals surface area contributed by atoms with Crippen molar-refractivity contribution in [1.29, 1.82) is 0 Å². The topological polar surface area (TPSA) is 108 Å². The summed E-state index contributed by atoms with van der Waals surface area (Å²) in [6.45, 7) is 0. The molecule has 0 fully saturated rings. The van der Waals surface area contributed by atoms with Crippen molar-refractivity contribution in [2.75, 3.05) is 0 Å². The molecule has 0 amide bonds. The van der Waals surface area contributed by atoms with Crippen LogP contribution in [-0.2, 0) is 42.1 Å². The van der Waals surface area contributed by atoms with E-state index in [4.69, 9.17) is 0 Å². The monoisotopic (exact) mass is 2330 g/mol. The summed E-state index contributed by atoms with van der Waals surface area (Å²) in [7, 11) is 0. The van der Waals surface area contributed by atoms with Crippen molar-refractivity contribution in [1.82, 2.24) is 39.9 Å². The summed E-state index contributed by atoms with van der Waals surface area (Å²) in [4.78, 5) is 31.1. The van der Waals surface area contributed by atoms with E-state index in [2.05, 4.69) is 39.9 Å². The first-order valence-electron chi connectivity index (χ1n) is 36.4. The van der Waals surface area contributed by atoms with E-state index >= 15 is 70.2 Å². The third-order valence-electron chi connectivity index (χ3n) is 20.9. The molecule has 0 spiro atoms. The fourth-order valence-electron chi connectivity index (χ4n) is 14.8. The van der Waals surface area contributed by atoms with E-state index in [9.17, 15) is 105 Å². The molecule has 10 heterocycles. The Labute approximate surface area is 762 Å². The SMILES string of the molecule is Fc1c(F)c(F)c(-c2c3nc(c(-c4c(F)c(F)c(F)c(F)c4F)c4ccc([n-]4)c(-c4c(F)c(F)c(F)c(F)c4F)c4nc(c(-c5c(F)c(F)c(F)c(F)c5F)c5ccc2[n-]5)C=C4)C=C3)c(F)c1F.Fc1c(F)c(F)c(-c2c3nc(c(-c4c(F)c(F)c(F)c(F)c4F)c4ccc([n-]4)c(-c4c(F)c(F)c(F)c(F)c4F)c4nc(c(-c5c(F)c(F)c(F)c(F)c5F)c5ccc2[n-]5)C=C4)C=C3)c(F)c1F.[Pt+2].[Pt+2]. The molecule has 0 aliphatic carbocycles. The smallest absolute Gasteiger partial charge is 0.657 e. The zero-order valence-corrected chi connectivity index (χ0v) is 69.1. The molecule has 6 aromatic heterocycles. The van der Waals surface area contributed by atoms with E-state index < -0.39 is 411 Å². The maximum absolute atomic E-state index is 15.8. The maximum atomic E-state index is 15.8. The van der Waals surface area contributed by atoms with Gasteiger partial charge in [0.05, 0.1) is 90.1 Å². The summed E-state index contributed by atoms with van der Waals surface area (Å²) in [5.41, 5.74) is -43.2. The van der Waals surface area contributed by atoms with Crippen LogP contribution in [0.4, 0.5) is 176 Å². The van der Waals surface area contributed by atoms with Crippen LogP contribution in [-0.4, -0.2) is 19.9 Å². The number of nitrogens with zero attached hydrogens (tertiary/aromatic N) is 8. The van der Waals surface area contributed by atoms with Crippen LogP contribution in [0.25, 0.3) is 182 Å². The zero-order chi connectivity index (χ0) is 98.5. The second-order valence-corrected chi connectivity index (χ2v) is 28.3. The fraction of sp³-hybridized carbons (Fsp3) is 0. The molecule has 14 aromatic rings. The second-order valence-electron chi connectivity index (χ2n) is 28.3. The van der Waals surface area contributed by atoms with E-state index in [1.807, 2.05) is 0 Å². The summed E-state index contributed by atoms with van der Waals surface area (Å²) in [6.07, 6.45) is 4.53. The summed E-state index contributed by atoms with van der Waals surface area (Å²) < 4.78 is 605. The van der Waals surface area contributed by atoms with Crippen molar-refractivity contribution < 1.29 is 218 Å². The Morgan fingerprint density at radius 1 is 0.109 bits per heavy atom. The Bertz CT molecular complexity index is 6730. The van der Waals surface area contributed by atoms with E-state index in [1.54, 1.807) is 0 Å². The third kappa shape index (κ3) is 14.8. The minimum Gasteiger partial charge on any atom is -0.657 e. The Kier molecular flexibility index (Phi) is 25.3. The van der Waals surface area contributed by atoms with E-state index in [1.165, 1.54) is 0 Å². The van der Waals surface area contributed by atoms with Gasteiger partial charge in [-0.1, -0.05) is 48.5 Å². The molecule has 18 rings (SSSR count). The average molecular weight is 2340 g/mol. The van der Waals surface area contributed by atoms with Gasteiger partial charge in [-0.3, -0.25) is 0 Å². The van der Waals surface area contributed by atoms with Gasteiger partial charge in [0.1, 0.15) is 0 Å². The first-order valence-corrected chi connectivity index (χ1v) is 36.4. The molecule has 16 bridgehead atoms. The van der Waals surface area contributed by atoms with Gasteiger partial charge in [-0.2, -0.15) is 0 Å². The predicted molar refractivity (Wildman–Crippen MR) is 395 cm³/mol. The summed E-state index contributed by atoms with van der Waals surface area (Å²) >= 11 is 0. The summed E-state index contributed by atoms with van der Waals surface area (Å²) in [5.74, 6) is -106. The molecule has 138 heavy (non-hydrogen) atoms. The van der Waals surface area contributed by atoms with Crippen molar-refractivity contribution in [3.63, 3.8) is 0 Å². The standard InChI is InChI=1S/2C44H8F20N4.2Pt/c2*45-25-21(26(46)34(54)41(61)33(25)53)17-9-1-2-10(65-9)18(22-27(47)35(55)42(62)36(56)28(22)48)12-5-6-14(67-12)20(24-31(51)39(59)44(64)40(60)32(24)52)16-8-7-15(68-16)19(13-4-3-11(17)66-13)23-29(49)37(57)43(63)38(58)30(23)50;;/h2*1-8H;;/q2*-2;2*+2. The quantitative estimate of drug-likeness (QED) is 0.0841. The second kappa shape index (κ2) is 35.6. The minimum atomic E-state index is -2.73. The molecule has 4 aliphatic rings. The van der Waals surface area contributed by atoms with Gasteiger partial charge in [0.25, 0.3) is 0 Å². The largest absolute Gasteiger partial charge is 2.00 e. The Balaban J connectivity index is 0.000000206. The number of fused-ring (bicyclic) bond motifs is 16. The minimum absolute atomic E-state index is 0. The van der Waals surface area contributed by atoms with Crippen molar-refractivity contribution in [2.45, 2.75) is 0 Å². The Hall–Kier alpha value is -14.5. The Morgan fingerprint density at radius 3 is 0.261 bits per heavy atom. The number of hydrogen-bond acceptors (Lipinski definition) is 4. The molecule has 8 nitrogen and oxygen atoms in total. The van der Waals surface area contributed by atoms with Gasteiger partial charge in [-0.15, -0.1) is 44.1 Å². The van der Waals surface area contributed by atoms with Gasteiger partial charge >= 0.3 is 42.1 Å². The molecular weight excluding hydrogens is 2320 g/mol. The van der Waals surface area contributed by atoms with Gasteiger partial charge in [-0.25, -0.2) is 196 Å². The van der Waals surface area contributed by atoms with Crippen LogP contribution in [0.3, 0.4) is 0 Å². The average Bonchev–Trinajstić information content (AvgIpc) is 1.58. The molecule has 0 radical (unpaired) electrons. The fourth-order valence-corrected chi connectivity index (χ4v) is 14.8. The van der Waals surface area contributed by atoms with Gasteiger partial charge in [0.2, 0.25) is 46.5 Å². The normalized spacial score (nSPS) is 12.1. The third-order valence-corrected chi connectivity index (χ3v) is 20.9. The van der Waals surface area contributed by atoms with Crippen LogP contribution >= 0.6 is 0 Å². The molecule has 50 heteroatoms. The molecule has 0 unspecified atom stereocenters. The number of benzene rings is 8. The van der Waals surface area contributed by atoms with Crippen LogP contribution in [0.2, 0.25) is 0 Å². The maximum Gasteiger partial charge on any atom is 2.00 e. The van der Waals surface area contributed by atoms with Gasteiger partial charge in [-0.05, 0) is 93.1 Å². The number of aromatic nitrogens is 8. The van der Waals surface area contributed by atoms with Crippen LogP contribution in [0.15, 0.2) is 48.5 Å². The molecule has 0 N–H and O–H groups in total. The van der Waals surface area contributed by atoms with Crippen LogP contribution in [0.1, 0.15) is 45.6 Å². The van der Waals surface area contributed by atoms with Crippen molar-refractivity contribution in [3.05, 3.63) is 327 Å². The first-order chi connectivity index (χ1) is 64.2. The summed E-state index contributed by atoms with van der Waals surface area (Å²) in [6, 6.07) is 4.53. The first kappa shape index (κ1) is 98.1. The molecule has 4 aliphatic heterocycles. The number of hydrogen-bond donors (Lipinski definition) is 0. The molecule has 0 atom stereocenters. The van der Waals surface area contributed by atoms with Gasteiger partial charge in [0, 0.05) is 0 Å². The number of halogens is 40. The molecule has 708 valence electrons. The van der Waals surface area contributed by atoms with Crippen LogP contribution < -0.4 is 19.9 Å². The molecule has 0 saturated heterocycles.